The number of carbonyl (C=O) groups excluding carboxylic acids is 2. The van der Waals surface area contributed by atoms with Gasteiger partial charge in [-0.25, -0.2) is 4.90 Å². The Morgan fingerprint density at radius 1 is 1.31 bits per heavy atom. The van der Waals surface area contributed by atoms with Crippen molar-refractivity contribution in [2.75, 3.05) is 18.6 Å². The SMILES string of the molecule is COc1ccc([N+](=O)[O-])cc1N1C(=O)[C@@H]2[C@H](C1=O)[C@@]1(C)C=C[C@@]2(CO)O1. The highest BCUT2D eigenvalue weighted by Gasteiger charge is 2.72. The third-order valence-electron chi connectivity index (χ3n) is 5.42. The fourth-order valence-corrected chi connectivity index (χ4v) is 4.24. The highest BCUT2D eigenvalue weighted by molar-refractivity contribution is 6.24. The van der Waals surface area contributed by atoms with E-state index >= 15 is 0 Å². The molecular formula is C17H16N2O7. The Kier molecular flexibility index (Phi) is 3.28. The lowest BCUT2D eigenvalue weighted by atomic mass is 9.73. The van der Waals surface area contributed by atoms with E-state index < -0.39 is 46.4 Å². The second-order valence-corrected chi connectivity index (χ2v) is 6.81. The molecule has 4 rings (SSSR count). The van der Waals surface area contributed by atoms with Crippen molar-refractivity contribution in [2.45, 2.75) is 18.1 Å². The van der Waals surface area contributed by atoms with Gasteiger partial charge in [0, 0.05) is 12.1 Å². The number of nitro groups is 1. The number of benzene rings is 1. The van der Waals surface area contributed by atoms with Crippen molar-refractivity contribution in [2.24, 2.45) is 11.8 Å². The summed E-state index contributed by atoms with van der Waals surface area (Å²) in [6.07, 6.45) is 3.30. The Bertz CT molecular complexity index is 882. The summed E-state index contributed by atoms with van der Waals surface area (Å²) in [7, 11) is 1.35. The Hall–Kier alpha value is -2.78. The molecule has 2 bridgehead atoms. The molecule has 136 valence electrons. The smallest absolute Gasteiger partial charge is 0.271 e. The van der Waals surface area contributed by atoms with Gasteiger partial charge in [0.1, 0.15) is 17.0 Å². The van der Waals surface area contributed by atoms with Gasteiger partial charge in [-0.1, -0.05) is 12.2 Å². The van der Waals surface area contributed by atoms with Gasteiger partial charge in [0.25, 0.3) is 5.69 Å². The van der Waals surface area contributed by atoms with Crippen molar-refractivity contribution in [3.63, 3.8) is 0 Å². The summed E-state index contributed by atoms with van der Waals surface area (Å²) in [4.78, 5) is 37.6. The second kappa shape index (κ2) is 5.12. The number of hydrogen-bond acceptors (Lipinski definition) is 7. The van der Waals surface area contributed by atoms with Crippen LogP contribution in [-0.2, 0) is 14.3 Å². The minimum atomic E-state index is -1.26. The van der Waals surface area contributed by atoms with Gasteiger partial charge in [-0.3, -0.25) is 19.7 Å². The number of methoxy groups -OCH3 is 1. The fourth-order valence-electron chi connectivity index (χ4n) is 4.24. The molecule has 0 aromatic heterocycles. The van der Waals surface area contributed by atoms with Crippen LogP contribution < -0.4 is 9.64 Å². The first kappa shape index (κ1) is 16.7. The summed E-state index contributed by atoms with van der Waals surface area (Å²) in [5, 5.41) is 20.9. The number of aliphatic hydroxyl groups is 1. The van der Waals surface area contributed by atoms with Crippen molar-refractivity contribution in [1.82, 2.24) is 0 Å². The van der Waals surface area contributed by atoms with Gasteiger partial charge in [-0.05, 0) is 13.0 Å². The lowest BCUT2D eigenvalue weighted by Gasteiger charge is -2.27. The van der Waals surface area contributed by atoms with Gasteiger partial charge in [0.15, 0.2) is 0 Å². The van der Waals surface area contributed by atoms with E-state index in [-0.39, 0.29) is 17.1 Å². The first-order valence-electron chi connectivity index (χ1n) is 7.99. The predicted octanol–water partition coefficient (Wildman–Crippen LogP) is 0.799. The molecule has 0 aliphatic carbocycles. The van der Waals surface area contributed by atoms with Crippen LogP contribution in [0.15, 0.2) is 30.4 Å². The van der Waals surface area contributed by atoms with Crippen molar-refractivity contribution < 1.29 is 29.1 Å². The summed E-state index contributed by atoms with van der Waals surface area (Å²) in [5.74, 6) is -2.63. The second-order valence-electron chi connectivity index (χ2n) is 6.81. The topological polar surface area (TPSA) is 119 Å². The number of rotatable bonds is 4. The first-order chi connectivity index (χ1) is 12.3. The number of aliphatic hydroxyl groups excluding tert-OH is 1. The number of hydrogen-bond donors (Lipinski definition) is 1. The van der Waals surface area contributed by atoms with Crippen LogP contribution in [0.5, 0.6) is 5.75 Å². The maximum Gasteiger partial charge on any atom is 0.271 e. The van der Waals surface area contributed by atoms with Gasteiger partial charge in [-0.15, -0.1) is 0 Å². The number of carbonyl (C=O) groups is 2. The highest BCUT2D eigenvalue weighted by atomic mass is 16.6. The lowest BCUT2D eigenvalue weighted by Crippen LogP contribution is -2.43. The molecule has 26 heavy (non-hydrogen) atoms. The molecule has 1 aromatic rings. The molecule has 0 unspecified atom stereocenters. The van der Waals surface area contributed by atoms with E-state index in [2.05, 4.69) is 0 Å². The Morgan fingerprint density at radius 2 is 2.00 bits per heavy atom. The molecule has 2 amide bonds. The normalized spacial score (nSPS) is 34.5. The number of ether oxygens (including phenoxy) is 2. The van der Waals surface area contributed by atoms with Gasteiger partial charge in [0.2, 0.25) is 11.8 Å². The number of amides is 2. The average Bonchev–Trinajstić information content (AvgIpc) is 3.20. The molecule has 2 saturated heterocycles. The molecule has 9 nitrogen and oxygen atoms in total. The number of nitro benzene ring substituents is 1. The molecule has 1 N–H and O–H groups in total. The first-order valence-corrected chi connectivity index (χ1v) is 7.99. The number of nitrogens with zero attached hydrogens (tertiary/aromatic N) is 2. The zero-order valence-corrected chi connectivity index (χ0v) is 14.0. The molecule has 3 aliphatic rings. The van der Waals surface area contributed by atoms with Crippen LogP contribution in [0.4, 0.5) is 11.4 Å². The zero-order chi connectivity index (χ0) is 18.9. The number of fused-ring (bicyclic) bond motifs is 5. The number of non-ortho nitro benzene ring substituents is 1. The van der Waals surface area contributed by atoms with Crippen LogP contribution in [-0.4, -0.2) is 46.8 Å². The molecule has 4 atom stereocenters. The summed E-state index contributed by atoms with van der Waals surface area (Å²) in [5.41, 5.74) is -2.52. The maximum absolute atomic E-state index is 13.1. The van der Waals surface area contributed by atoms with E-state index in [0.717, 1.165) is 11.0 Å². The average molecular weight is 360 g/mol. The number of anilines is 1. The number of imide groups is 1. The molecule has 0 spiro atoms. The monoisotopic (exact) mass is 360 g/mol. The van der Waals surface area contributed by atoms with Gasteiger partial charge >= 0.3 is 0 Å². The van der Waals surface area contributed by atoms with Gasteiger partial charge in [-0.2, -0.15) is 0 Å². The van der Waals surface area contributed by atoms with Gasteiger partial charge in [0.05, 0.1) is 36.1 Å². The maximum atomic E-state index is 13.1. The fraction of sp³-hybridized carbons (Fsp3) is 0.412. The predicted molar refractivity (Wildman–Crippen MR) is 87.6 cm³/mol. The molecule has 3 heterocycles. The van der Waals surface area contributed by atoms with Crippen molar-refractivity contribution in [1.29, 1.82) is 0 Å². The highest BCUT2D eigenvalue weighted by Crippen LogP contribution is 2.58. The molecule has 9 heteroatoms. The minimum absolute atomic E-state index is 0.0159. The Morgan fingerprint density at radius 3 is 2.62 bits per heavy atom. The third kappa shape index (κ3) is 1.86. The minimum Gasteiger partial charge on any atom is -0.495 e. The van der Waals surface area contributed by atoms with E-state index in [4.69, 9.17) is 9.47 Å². The van der Waals surface area contributed by atoms with Crippen LogP contribution in [0.2, 0.25) is 0 Å². The van der Waals surface area contributed by atoms with Crippen LogP contribution in [0.25, 0.3) is 0 Å². The van der Waals surface area contributed by atoms with E-state index in [1.807, 2.05) is 0 Å². The standard InChI is InChI=1S/C17H16N2O7/c1-16-5-6-17(8-20,26-16)13-12(16)14(21)18(15(13)22)10-7-9(19(23)24)3-4-11(10)25-2/h3-7,12-13,20H,8H2,1-2H3/t12-,13+,16-,17+/m1/s1. The third-order valence-corrected chi connectivity index (χ3v) is 5.42. The van der Waals surface area contributed by atoms with Crippen molar-refractivity contribution >= 4 is 23.2 Å². The zero-order valence-electron chi connectivity index (χ0n) is 14.0. The van der Waals surface area contributed by atoms with Crippen LogP contribution in [0.1, 0.15) is 6.92 Å². The molecule has 2 fully saturated rings. The lowest BCUT2D eigenvalue weighted by molar-refractivity contribution is -0.384. The van der Waals surface area contributed by atoms with E-state index in [9.17, 15) is 24.8 Å². The van der Waals surface area contributed by atoms with Crippen LogP contribution in [0.3, 0.4) is 0 Å². The molecule has 1 aromatic carbocycles. The van der Waals surface area contributed by atoms with Crippen molar-refractivity contribution in [3.8, 4) is 5.75 Å². The van der Waals surface area contributed by atoms with Crippen molar-refractivity contribution in [3.05, 3.63) is 40.5 Å². The molecular weight excluding hydrogens is 344 g/mol. The Labute approximate surface area is 147 Å². The quantitative estimate of drug-likeness (QED) is 0.365. The Balaban J connectivity index is 1.84. The van der Waals surface area contributed by atoms with Crippen LogP contribution in [0, 0.1) is 22.0 Å². The van der Waals surface area contributed by atoms with Crippen LogP contribution >= 0.6 is 0 Å². The van der Waals surface area contributed by atoms with E-state index in [1.165, 1.54) is 19.2 Å². The largest absolute Gasteiger partial charge is 0.495 e. The molecule has 3 aliphatic heterocycles. The van der Waals surface area contributed by atoms with Gasteiger partial charge < -0.3 is 14.6 Å². The summed E-state index contributed by atoms with van der Waals surface area (Å²) in [6.45, 7) is 1.24. The summed E-state index contributed by atoms with van der Waals surface area (Å²) in [6, 6.07) is 3.72. The van der Waals surface area contributed by atoms with E-state index in [1.54, 1.807) is 19.1 Å². The summed E-state index contributed by atoms with van der Waals surface area (Å²) < 4.78 is 11.0. The molecule has 0 saturated carbocycles. The molecule has 0 radical (unpaired) electrons. The summed E-state index contributed by atoms with van der Waals surface area (Å²) >= 11 is 0. The van der Waals surface area contributed by atoms with E-state index in [0.29, 0.717) is 0 Å².